The van der Waals surface area contributed by atoms with Gasteiger partial charge in [0.25, 0.3) is 0 Å². The summed E-state index contributed by atoms with van der Waals surface area (Å²) < 4.78 is 0. The Hall–Kier alpha value is -0.935. The molecule has 1 aromatic heterocycles. The molecule has 0 spiro atoms. The maximum atomic E-state index is 8.78. The third-order valence-corrected chi connectivity index (χ3v) is 1.92. The van der Waals surface area contributed by atoms with Crippen LogP contribution in [-0.2, 0) is 0 Å². The van der Waals surface area contributed by atoms with E-state index in [1.54, 1.807) is 6.20 Å². The lowest BCUT2D eigenvalue weighted by atomic mass is 9.90. The van der Waals surface area contributed by atoms with E-state index in [1.807, 2.05) is 6.07 Å². The Morgan fingerprint density at radius 1 is 1.42 bits per heavy atom. The van der Waals surface area contributed by atoms with E-state index in [0.29, 0.717) is 5.92 Å². The Morgan fingerprint density at radius 3 is 2.75 bits per heavy atom. The Morgan fingerprint density at radius 2 is 2.17 bits per heavy atom. The fraction of sp³-hybridized carbons (Fsp3) is 0.429. The molecule has 5 heteroatoms. The summed E-state index contributed by atoms with van der Waals surface area (Å²) in [7, 11) is -1.55. The second kappa shape index (κ2) is 2.84. The van der Waals surface area contributed by atoms with Crippen molar-refractivity contribution in [1.29, 1.82) is 0 Å². The molecule has 1 saturated carbocycles. The summed E-state index contributed by atoms with van der Waals surface area (Å²) in [4.78, 5) is 7.76. The van der Waals surface area contributed by atoms with Gasteiger partial charge in [-0.05, 0) is 18.9 Å². The van der Waals surface area contributed by atoms with Crippen molar-refractivity contribution in [2.45, 2.75) is 18.8 Å². The fourth-order valence-corrected chi connectivity index (χ4v) is 1.12. The molecule has 62 valence electrons. The molecule has 0 saturated heterocycles. The SMILES string of the molecule is OB(O)c1nccc(C2CC2)n1. The van der Waals surface area contributed by atoms with E-state index in [-0.39, 0.29) is 5.72 Å². The van der Waals surface area contributed by atoms with Gasteiger partial charge in [0.15, 0.2) is 5.72 Å². The number of aromatic nitrogens is 2. The smallest absolute Gasteiger partial charge is 0.421 e. The van der Waals surface area contributed by atoms with Gasteiger partial charge in [-0.1, -0.05) is 0 Å². The molecule has 0 aromatic carbocycles. The predicted octanol–water partition coefficient (Wildman–Crippen LogP) is -0.966. The first-order valence-electron chi connectivity index (χ1n) is 3.96. The first-order valence-corrected chi connectivity index (χ1v) is 3.96. The zero-order chi connectivity index (χ0) is 8.55. The lowest BCUT2D eigenvalue weighted by molar-refractivity contribution is 0.422. The van der Waals surface area contributed by atoms with Crippen LogP contribution in [0.25, 0.3) is 0 Å². The molecule has 4 nitrogen and oxygen atoms in total. The van der Waals surface area contributed by atoms with Gasteiger partial charge in [-0.15, -0.1) is 0 Å². The van der Waals surface area contributed by atoms with Crippen molar-refractivity contribution in [2.75, 3.05) is 0 Å². The van der Waals surface area contributed by atoms with Crippen molar-refractivity contribution in [3.8, 4) is 0 Å². The molecule has 2 rings (SSSR count). The lowest BCUT2D eigenvalue weighted by Gasteiger charge is -1.99. The quantitative estimate of drug-likeness (QED) is 0.552. The van der Waals surface area contributed by atoms with E-state index >= 15 is 0 Å². The third kappa shape index (κ3) is 1.46. The van der Waals surface area contributed by atoms with Gasteiger partial charge in [0.1, 0.15) is 0 Å². The highest BCUT2D eigenvalue weighted by molar-refractivity contribution is 6.56. The van der Waals surface area contributed by atoms with Crippen molar-refractivity contribution in [3.63, 3.8) is 0 Å². The van der Waals surface area contributed by atoms with E-state index in [0.717, 1.165) is 18.5 Å². The van der Waals surface area contributed by atoms with Crippen LogP contribution in [0.15, 0.2) is 12.3 Å². The summed E-state index contributed by atoms with van der Waals surface area (Å²) in [6.07, 6.45) is 3.87. The van der Waals surface area contributed by atoms with Gasteiger partial charge in [-0.25, -0.2) is 9.97 Å². The minimum absolute atomic E-state index is 0.0967. The van der Waals surface area contributed by atoms with Crippen LogP contribution >= 0.6 is 0 Å². The first kappa shape index (κ1) is 7.70. The van der Waals surface area contributed by atoms with Crippen LogP contribution < -0.4 is 5.72 Å². The van der Waals surface area contributed by atoms with Gasteiger partial charge in [-0.3, -0.25) is 0 Å². The summed E-state index contributed by atoms with van der Waals surface area (Å²) in [6, 6.07) is 1.82. The van der Waals surface area contributed by atoms with Gasteiger partial charge in [0, 0.05) is 17.8 Å². The minimum atomic E-state index is -1.55. The van der Waals surface area contributed by atoms with Crippen LogP contribution in [0.4, 0.5) is 0 Å². The number of hydrogen-bond donors (Lipinski definition) is 2. The normalized spacial score (nSPS) is 16.2. The van der Waals surface area contributed by atoms with Gasteiger partial charge < -0.3 is 10.0 Å². The molecular formula is C7H9BN2O2. The zero-order valence-electron chi connectivity index (χ0n) is 6.51. The van der Waals surface area contributed by atoms with Crippen LogP contribution in [0, 0.1) is 0 Å². The average Bonchev–Trinajstić information content (AvgIpc) is 2.87. The summed E-state index contributed by atoms with van der Waals surface area (Å²) in [5.41, 5.74) is 1.02. The van der Waals surface area contributed by atoms with E-state index in [2.05, 4.69) is 9.97 Å². The molecule has 0 atom stereocenters. The molecule has 1 heterocycles. The van der Waals surface area contributed by atoms with Crippen LogP contribution in [0.1, 0.15) is 24.5 Å². The van der Waals surface area contributed by atoms with Crippen molar-refractivity contribution in [2.24, 2.45) is 0 Å². The second-order valence-electron chi connectivity index (χ2n) is 2.99. The van der Waals surface area contributed by atoms with Gasteiger partial charge in [0.2, 0.25) is 0 Å². The van der Waals surface area contributed by atoms with Crippen LogP contribution in [0.5, 0.6) is 0 Å². The maximum Gasteiger partial charge on any atom is 0.528 e. The molecule has 1 aromatic rings. The molecule has 0 aliphatic heterocycles. The Labute approximate surface area is 70.4 Å². The topological polar surface area (TPSA) is 66.2 Å². The highest BCUT2D eigenvalue weighted by Crippen LogP contribution is 2.38. The first-order chi connectivity index (χ1) is 5.77. The molecular weight excluding hydrogens is 155 g/mol. The highest BCUT2D eigenvalue weighted by atomic mass is 16.4. The van der Waals surface area contributed by atoms with Crippen molar-refractivity contribution < 1.29 is 10.0 Å². The van der Waals surface area contributed by atoms with Crippen molar-refractivity contribution >= 4 is 12.8 Å². The van der Waals surface area contributed by atoms with E-state index in [9.17, 15) is 0 Å². The molecule has 2 N–H and O–H groups in total. The van der Waals surface area contributed by atoms with Crippen LogP contribution in [-0.4, -0.2) is 27.1 Å². The summed E-state index contributed by atoms with van der Waals surface area (Å²) in [5, 5.41) is 17.6. The van der Waals surface area contributed by atoms with Crippen molar-refractivity contribution in [3.05, 3.63) is 18.0 Å². The standard InChI is InChI=1S/C7H9BN2O2/c11-8(12)7-9-4-3-6(10-7)5-1-2-5/h3-5,11-12H,1-2H2. The second-order valence-corrected chi connectivity index (χ2v) is 2.99. The molecule has 1 fully saturated rings. The van der Waals surface area contributed by atoms with Gasteiger partial charge in [0.05, 0.1) is 0 Å². The number of hydrogen-bond acceptors (Lipinski definition) is 4. The monoisotopic (exact) mass is 164 g/mol. The minimum Gasteiger partial charge on any atom is -0.421 e. The maximum absolute atomic E-state index is 8.78. The van der Waals surface area contributed by atoms with E-state index < -0.39 is 7.12 Å². The molecule has 0 amide bonds. The molecule has 1 aliphatic rings. The van der Waals surface area contributed by atoms with Crippen LogP contribution in [0.2, 0.25) is 0 Å². The molecule has 0 bridgehead atoms. The summed E-state index contributed by atoms with van der Waals surface area (Å²) in [5.74, 6) is 0.519. The Kier molecular flexibility index (Phi) is 1.82. The Balaban J connectivity index is 2.26. The Bertz CT molecular complexity index is 271. The molecule has 12 heavy (non-hydrogen) atoms. The number of nitrogens with zero attached hydrogens (tertiary/aromatic N) is 2. The van der Waals surface area contributed by atoms with Crippen LogP contribution in [0.3, 0.4) is 0 Å². The zero-order valence-corrected chi connectivity index (χ0v) is 6.51. The van der Waals surface area contributed by atoms with Crippen molar-refractivity contribution in [1.82, 2.24) is 9.97 Å². The molecule has 0 unspecified atom stereocenters. The lowest BCUT2D eigenvalue weighted by Crippen LogP contribution is -2.35. The fourth-order valence-electron chi connectivity index (χ4n) is 1.12. The largest absolute Gasteiger partial charge is 0.528 e. The highest BCUT2D eigenvalue weighted by Gasteiger charge is 2.26. The van der Waals surface area contributed by atoms with E-state index in [1.165, 1.54) is 0 Å². The number of rotatable bonds is 2. The van der Waals surface area contributed by atoms with Gasteiger partial charge in [-0.2, -0.15) is 0 Å². The molecule has 1 aliphatic carbocycles. The summed E-state index contributed by atoms with van der Waals surface area (Å²) >= 11 is 0. The summed E-state index contributed by atoms with van der Waals surface area (Å²) in [6.45, 7) is 0. The average molecular weight is 164 g/mol. The van der Waals surface area contributed by atoms with E-state index in [4.69, 9.17) is 10.0 Å². The third-order valence-electron chi connectivity index (χ3n) is 1.92. The predicted molar refractivity (Wildman–Crippen MR) is 43.8 cm³/mol. The molecule has 0 radical (unpaired) electrons. The van der Waals surface area contributed by atoms with Gasteiger partial charge >= 0.3 is 7.12 Å².